The zero-order chi connectivity index (χ0) is 11.1. The number of rotatable bonds is 6. The largest absolute Gasteiger partial charge is 0.479 e. The van der Waals surface area contributed by atoms with Crippen LogP contribution in [0.25, 0.3) is 0 Å². The summed E-state index contributed by atoms with van der Waals surface area (Å²) in [7, 11) is 0. The van der Waals surface area contributed by atoms with Crippen LogP contribution >= 0.6 is 0 Å². The molecule has 0 bridgehead atoms. The van der Waals surface area contributed by atoms with E-state index in [1.807, 2.05) is 6.92 Å². The van der Waals surface area contributed by atoms with Crippen molar-refractivity contribution >= 4 is 5.97 Å². The molecule has 0 aromatic rings. The monoisotopic (exact) mass is 216 g/mol. The van der Waals surface area contributed by atoms with Gasteiger partial charge in [0.1, 0.15) is 0 Å². The molecule has 1 saturated heterocycles. The molecule has 2 N–H and O–H groups in total. The van der Waals surface area contributed by atoms with Gasteiger partial charge in [-0.3, -0.25) is 4.90 Å². The van der Waals surface area contributed by atoms with Crippen LogP contribution < -0.4 is 5.32 Å². The molecule has 1 aliphatic rings. The summed E-state index contributed by atoms with van der Waals surface area (Å²) in [6.45, 7) is 7.21. The molecule has 0 radical (unpaired) electrons. The maximum atomic E-state index is 10.7. The van der Waals surface area contributed by atoms with E-state index in [-0.39, 0.29) is 0 Å². The van der Waals surface area contributed by atoms with Crippen molar-refractivity contribution < 1.29 is 14.6 Å². The fourth-order valence-corrected chi connectivity index (χ4v) is 1.62. The minimum absolute atomic E-state index is 0.505. The lowest BCUT2D eigenvalue weighted by Crippen LogP contribution is -2.45. The molecule has 5 heteroatoms. The van der Waals surface area contributed by atoms with Gasteiger partial charge in [0.25, 0.3) is 0 Å². The van der Waals surface area contributed by atoms with E-state index < -0.39 is 12.1 Å². The average molecular weight is 216 g/mol. The Bertz CT molecular complexity index is 193. The van der Waals surface area contributed by atoms with Gasteiger partial charge in [-0.15, -0.1) is 0 Å². The van der Waals surface area contributed by atoms with Crippen LogP contribution in [0.4, 0.5) is 0 Å². The predicted molar refractivity (Wildman–Crippen MR) is 57.0 cm³/mol. The third kappa shape index (κ3) is 4.59. The Morgan fingerprint density at radius 1 is 1.53 bits per heavy atom. The molecule has 0 aromatic carbocycles. The fraction of sp³-hybridized carbons (Fsp3) is 0.900. The maximum Gasteiger partial charge on any atom is 0.332 e. The van der Waals surface area contributed by atoms with Crippen LogP contribution in [0.5, 0.6) is 0 Å². The van der Waals surface area contributed by atoms with E-state index in [1.54, 1.807) is 0 Å². The Balaban J connectivity index is 2.11. The number of aliphatic carboxylic acids is 1. The molecule has 1 heterocycles. The van der Waals surface area contributed by atoms with Gasteiger partial charge < -0.3 is 15.2 Å². The van der Waals surface area contributed by atoms with Crippen LogP contribution in [0.1, 0.15) is 13.3 Å². The van der Waals surface area contributed by atoms with Crippen molar-refractivity contribution in [1.29, 1.82) is 0 Å². The molecule has 88 valence electrons. The van der Waals surface area contributed by atoms with Crippen molar-refractivity contribution in [3.05, 3.63) is 0 Å². The number of carboxylic acids is 1. The van der Waals surface area contributed by atoms with Crippen LogP contribution in [0.3, 0.4) is 0 Å². The van der Waals surface area contributed by atoms with Gasteiger partial charge in [-0.05, 0) is 6.42 Å². The minimum Gasteiger partial charge on any atom is -0.479 e. The van der Waals surface area contributed by atoms with Gasteiger partial charge >= 0.3 is 5.97 Å². The first-order valence-electron chi connectivity index (χ1n) is 5.51. The molecule has 0 aliphatic carbocycles. The smallest absolute Gasteiger partial charge is 0.332 e. The third-order valence-corrected chi connectivity index (χ3v) is 2.58. The summed E-state index contributed by atoms with van der Waals surface area (Å²) < 4.78 is 5.29. The van der Waals surface area contributed by atoms with Crippen LogP contribution in [0, 0.1) is 0 Å². The highest BCUT2D eigenvalue weighted by Gasteiger charge is 2.16. The topological polar surface area (TPSA) is 61.8 Å². The summed E-state index contributed by atoms with van der Waals surface area (Å²) in [5, 5.41) is 12.0. The Kier molecular flexibility index (Phi) is 5.60. The van der Waals surface area contributed by atoms with E-state index in [0.29, 0.717) is 13.0 Å². The Morgan fingerprint density at radius 3 is 2.73 bits per heavy atom. The lowest BCUT2D eigenvalue weighted by atomic mass is 10.3. The lowest BCUT2D eigenvalue weighted by molar-refractivity contribution is -0.150. The predicted octanol–water partition coefficient (Wildman–Crippen LogP) is -0.229. The molecule has 1 atom stereocenters. The first kappa shape index (κ1) is 12.4. The molecule has 1 aliphatic heterocycles. The minimum atomic E-state index is -0.863. The maximum absolute atomic E-state index is 10.7. The van der Waals surface area contributed by atoms with E-state index >= 15 is 0 Å². The summed E-state index contributed by atoms with van der Waals surface area (Å²) in [5.74, 6) is -0.863. The third-order valence-electron chi connectivity index (χ3n) is 2.58. The van der Waals surface area contributed by atoms with Gasteiger partial charge in [-0.25, -0.2) is 4.79 Å². The van der Waals surface area contributed by atoms with Gasteiger partial charge in [-0.1, -0.05) is 6.92 Å². The highest BCUT2D eigenvalue weighted by Crippen LogP contribution is 1.99. The first-order valence-corrected chi connectivity index (χ1v) is 5.51. The average Bonchev–Trinajstić information content (AvgIpc) is 2.25. The Labute approximate surface area is 90.4 Å². The quantitative estimate of drug-likeness (QED) is 0.642. The Hall–Kier alpha value is -0.650. The number of hydrogen-bond acceptors (Lipinski definition) is 4. The van der Waals surface area contributed by atoms with Crippen LogP contribution in [-0.4, -0.2) is 61.4 Å². The molecule has 15 heavy (non-hydrogen) atoms. The number of nitrogens with zero attached hydrogens (tertiary/aromatic N) is 1. The molecule has 1 fully saturated rings. The van der Waals surface area contributed by atoms with Crippen LogP contribution in [0.2, 0.25) is 0 Å². The number of nitrogens with one attached hydrogen (secondary N) is 1. The van der Waals surface area contributed by atoms with Crippen molar-refractivity contribution in [2.75, 3.05) is 39.3 Å². The van der Waals surface area contributed by atoms with Gasteiger partial charge in [-0.2, -0.15) is 0 Å². The number of ether oxygens (including phenoxy) is 1. The fourth-order valence-electron chi connectivity index (χ4n) is 1.62. The molecule has 1 rings (SSSR count). The molecule has 1 unspecified atom stereocenters. The SMILES string of the molecule is CCC(OCCN1CCNCC1)C(=O)O. The van der Waals surface area contributed by atoms with Crippen molar-refractivity contribution in [2.24, 2.45) is 0 Å². The van der Waals surface area contributed by atoms with Crippen molar-refractivity contribution in [3.63, 3.8) is 0 Å². The molecular formula is C10H20N2O3. The zero-order valence-electron chi connectivity index (χ0n) is 9.24. The molecule has 0 amide bonds. The van der Waals surface area contributed by atoms with Crippen molar-refractivity contribution in [2.45, 2.75) is 19.4 Å². The number of carboxylic acid groups (broad SMARTS) is 1. The first-order chi connectivity index (χ1) is 7.24. The Morgan fingerprint density at radius 2 is 2.20 bits per heavy atom. The second-order valence-corrected chi connectivity index (χ2v) is 3.70. The molecule has 0 aromatic heterocycles. The molecular weight excluding hydrogens is 196 g/mol. The standard InChI is InChI=1S/C10H20N2O3/c1-2-9(10(13)14)15-8-7-12-5-3-11-4-6-12/h9,11H,2-8H2,1H3,(H,13,14). The van der Waals surface area contributed by atoms with Gasteiger partial charge in [0.05, 0.1) is 6.61 Å². The second-order valence-electron chi connectivity index (χ2n) is 3.70. The zero-order valence-corrected chi connectivity index (χ0v) is 9.24. The van der Waals surface area contributed by atoms with E-state index in [0.717, 1.165) is 32.7 Å². The van der Waals surface area contributed by atoms with Crippen molar-refractivity contribution in [3.8, 4) is 0 Å². The van der Waals surface area contributed by atoms with Gasteiger partial charge in [0, 0.05) is 32.7 Å². The summed E-state index contributed by atoms with van der Waals surface area (Å²) in [6.07, 6.45) is -0.121. The normalized spacial score (nSPS) is 20.1. The summed E-state index contributed by atoms with van der Waals surface area (Å²) in [4.78, 5) is 12.9. The lowest BCUT2D eigenvalue weighted by Gasteiger charge is -2.27. The second kappa shape index (κ2) is 6.76. The van der Waals surface area contributed by atoms with E-state index in [2.05, 4.69) is 10.2 Å². The molecule has 0 spiro atoms. The van der Waals surface area contributed by atoms with Gasteiger partial charge in [0.2, 0.25) is 0 Å². The van der Waals surface area contributed by atoms with Crippen LogP contribution in [0.15, 0.2) is 0 Å². The van der Waals surface area contributed by atoms with E-state index in [4.69, 9.17) is 9.84 Å². The molecule has 0 saturated carbocycles. The van der Waals surface area contributed by atoms with Crippen molar-refractivity contribution in [1.82, 2.24) is 10.2 Å². The van der Waals surface area contributed by atoms with Gasteiger partial charge in [0.15, 0.2) is 6.10 Å². The molecule has 5 nitrogen and oxygen atoms in total. The number of hydrogen-bond donors (Lipinski definition) is 2. The van der Waals surface area contributed by atoms with E-state index in [1.165, 1.54) is 0 Å². The number of carbonyl (C=O) groups is 1. The highest BCUT2D eigenvalue weighted by atomic mass is 16.5. The summed E-state index contributed by atoms with van der Waals surface area (Å²) >= 11 is 0. The highest BCUT2D eigenvalue weighted by molar-refractivity contribution is 5.72. The summed E-state index contributed by atoms with van der Waals surface area (Å²) in [6, 6.07) is 0. The van der Waals surface area contributed by atoms with E-state index in [9.17, 15) is 4.79 Å². The summed E-state index contributed by atoms with van der Waals surface area (Å²) in [5.41, 5.74) is 0. The number of piperazine rings is 1. The van der Waals surface area contributed by atoms with Crippen LogP contribution in [-0.2, 0) is 9.53 Å².